The van der Waals surface area contributed by atoms with Crippen molar-refractivity contribution in [3.63, 3.8) is 0 Å². The summed E-state index contributed by atoms with van der Waals surface area (Å²) >= 11 is 0. The maximum Gasteiger partial charge on any atom is 0.125 e. The first kappa shape index (κ1) is 14.7. The Morgan fingerprint density at radius 1 is 1.20 bits per heavy atom. The Bertz CT molecular complexity index is 533. The van der Waals surface area contributed by atoms with Gasteiger partial charge in [0.1, 0.15) is 17.3 Å². The van der Waals surface area contributed by atoms with Gasteiger partial charge < -0.3 is 14.5 Å². The summed E-state index contributed by atoms with van der Waals surface area (Å²) in [7, 11) is 0. The van der Waals surface area contributed by atoms with E-state index in [1.807, 2.05) is 31.2 Å². The van der Waals surface area contributed by atoms with Crippen LogP contribution in [0, 0.1) is 6.92 Å². The summed E-state index contributed by atoms with van der Waals surface area (Å²) in [6.45, 7) is 7.80. The van der Waals surface area contributed by atoms with Crippen LogP contribution >= 0.6 is 0 Å². The average Bonchev–Trinajstić information content (AvgIpc) is 2.89. The fourth-order valence-corrected chi connectivity index (χ4v) is 2.20. The number of rotatable bonds is 7. The van der Waals surface area contributed by atoms with Crippen molar-refractivity contribution >= 4 is 0 Å². The van der Waals surface area contributed by atoms with Crippen LogP contribution in [0.15, 0.2) is 40.8 Å². The molecule has 0 amide bonds. The van der Waals surface area contributed by atoms with Crippen LogP contribution in [0.25, 0.3) is 0 Å². The standard InChI is InChI=1S/C17H23NO2/c1-4-11-19-15-8-6-7-14(12-15)17(18-5-2)16-10-9-13(3)20-16/h6-10,12,17-18H,4-5,11H2,1-3H3. The van der Waals surface area contributed by atoms with Crippen LogP contribution < -0.4 is 10.1 Å². The van der Waals surface area contributed by atoms with Gasteiger partial charge in [-0.2, -0.15) is 0 Å². The van der Waals surface area contributed by atoms with Gasteiger partial charge in [-0.15, -0.1) is 0 Å². The zero-order chi connectivity index (χ0) is 14.4. The lowest BCUT2D eigenvalue weighted by molar-refractivity contribution is 0.316. The molecule has 3 nitrogen and oxygen atoms in total. The van der Waals surface area contributed by atoms with Gasteiger partial charge in [0, 0.05) is 0 Å². The zero-order valence-corrected chi connectivity index (χ0v) is 12.5. The quantitative estimate of drug-likeness (QED) is 0.825. The Hall–Kier alpha value is -1.74. The van der Waals surface area contributed by atoms with E-state index in [4.69, 9.17) is 9.15 Å². The van der Waals surface area contributed by atoms with Crippen LogP contribution in [0.2, 0.25) is 0 Å². The van der Waals surface area contributed by atoms with Crippen molar-refractivity contribution in [1.82, 2.24) is 5.32 Å². The lowest BCUT2D eigenvalue weighted by Gasteiger charge is -2.17. The number of nitrogens with one attached hydrogen (secondary N) is 1. The summed E-state index contributed by atoms with van der Waals surface area (Å²) in [6, 6.07) is 12.3. The van der Waals surface area contributed by atoms with Gasteiger partial charge in [-0.25, -0.2) is 0 Å². The van der Waals surface area contributed by atoms with E-state index in [9.17, 15) is 0 Å². The monoisotopic (exact) mass is 273 g/mol. The van der Waals surface area contributed by atoms with E-state index in [-0.39, 0.29) is 6.04 Å². The van der Waals surface area contributed by atoms with Gasteiger partial charge in [-0.3, -0.25) is 0 Å². The van der Waals surface area contributed by atoms with Gasteiger partial charge in [-0.05, 0) is 49.7 Å². The molecule has 3 heteroatoms. The van der Waals surface area contributed by atoms with E-state index < -0.39 is 0 Å². The van der Waals surface area contributed by atoms with Gasteiger partial charge in [0.15, 0.2) is 0 Å². The third-order valence-electron chi connectivity index (χ3n) is 3.12. The second-order valence-corrected chi connectivity index (χ2v) is 4.86. The predicted octanol–water partition coefficient (Wildman–Crippen LogP) is 4.08. The lowest BCUT2D eigenvalue weighted by Crippen LogP contribution is -2.21. The molecule has 0 saturated heterocycles. The minimum atomic E-state index is 0.0684. The molecule has 1 unspecified atom stereocenters. The van der Waals surface area contributed by atoms with E-state index in [1.54, 1.807) is 0 Å². The minimum Gasteiger partial charge on any atom is -0.494 e. The molecular weight excluding hydrogens is 250 g/mol. The maximum absolute atomic E-state index is 5.77. The number of furan rings is 1. The highest BCUT2D eigenvalue weighted by Gasteiger charge is 2.16. The van der Waals surface area contributed by atoms with Crippen molar-refractivity contribution in [1.29, 1.82) is 0 Å². The van der Waals surface area contributed by atoms with Crippen molar-refractivity contribution in [2.24, 2.45) is 0 Å². The second-order valence-electron chi connectivity index (χ2n) is 4.86. The third kappa shape index (κ3) is 3.64. The summed E-state index contributed by atoms with van der Waals surface area (Å²) in [4.78, 5) is 0. The van der Waals surface area contributed by atoms with Gasteiger partial charge in [-0.1, -0.05) is 26.0 Å². The zero-order valence-electron chi connectivity index (χ0n) is 12.5. The Labute approximate surface area is 121 Å². The van der Waals surface area contributed by atoms with E-state index >= 15 is 0 Å². The number of hydrogen-bond donors (Lipinski definition) is 1. The highest BCUT2D eigenvalue weighted by molar-refractivity contribution is 5.34. The molecule has 2 rings (SSSR count). The normalized spacial score (nSPS) is 12.3. The third-order valence-corrected chi connectivity index (χ3v) is 3.12. The van der Waals surface area contributed by atoms with Crippen LogP contribution in [0.3, 0.4) is 0 Å². The molecule has 0 bridgehead atoms. The molecule has 1 aromatic carbocycles. The fourth-order valence-electron chi connectivity index (χ4n) is 2.20. The van der Waals surface area contributed by atoms with E-state index in [0.717, 1.165) is 42.4 Å². The predicted molar refractivity (Wildman–Crippen MR) is 81.2 cm³/mol. The molecule has 0 radical (unpaired) electrons. The molecule has 0 aliphatic carbocycles. The molecule has 108 valence electrons. The van der Waals surface area contributed by atoms with Gasteiger partial charge >= 0.3 is 0 Å². The topological polar surface area (TPSA) is 34.4 Å². The molecule has 1 heterocycles. The molecule has 1 atom stereocenters. The highest BCUT2D eigenvalue weighted by atomic mass is 16.5. The number of benzene rings is 1. The number of hydrogen-bond acceptors (Lipinski definition) is 3. The van der Waals surface area contributed by atoms with Crippen LogP contribution in [0.4, 0.5) is 0 Å². The van der Waals surface area contributed by atoms with Gasteiger partial charge in [0.05, 0.1) is 12.6 Å². The lowest BCUT2D eigenvalue weighted by atomic mass is 10.0. The molecule has 0 saturated carbocycles. The maximum atomic E-state index is 5.77. The largest absolute Gasteiger partial charge is 0.494 e. The molecule has 1 N–H and O–H groups in total. The number of aryl methyl sites for hydroxylation is 1. The van der Waals surface area contributed by atoms with Crippen molar-refractivity contribution < 1.29 is 9.15 Å². The molecule has 20 heavy (non-hydrogen) atoms. The summed E-state index contributed by atoms with van der Waals surface area (Å²) in [5.41, 5.74) is 1.16. The Morgan fingerprint density at radius 3 is 2.70 bits per heavy atom. The average molecular weight is 273 g/mol. The van der Waals surface area contributed by atoms with E-state index in [2.05, 4.69) is 31.3 Å². The minimum absolute atomic E-state index is 0.0684. The molecule has 2 aromatic rings. The fraction of sp³-hybridized carbons (Fsp3) is 0.412. The second kappa shape index (κ2) is 7.15. The summed E-state index contributed by atoms with van der Waals surface area (Å²) < 4.78 is 11.5. The first-order valence-corrected chi connectivity index (χ1v) is 7.27. The molecule has 0 aliphatic rings. The highest BCUT2D eigenvalue weighted by Crippen LogP contribution is 2.26. The van der Waals surface area contributed by atoms with E-state index in [0.29, 0.717) is 0 Å². The summed E-state index contributed by atoms with van der Waals surface area (Å²) in [5.74, 6) is 2.79. The number of ether oxygens (including phenoxy) is 1. The van der Waals surface area contributed by atoms with Gasteiger partial charge in [0.25, 0.3) is 0 Å². The van der Waals surface area contributed by atoms with Crippen LogP contribution in [0.5, 0.6) is 5.75 Å². The molecule has 1 aromatic heterocycles. The van der Waals surface area contributed by atoms with Gasteiger partial charge in [0.2, 0.25) is 0 Å². The first-order valence-electron chi connectivity index (χ1n) is 7.27. The first-order chi connectivity index (χ1) is 9.74. The Balaban J connectivity index is 2.24. The van der Waals surface area contributed by atoms with Crippen molar-refractivity contribution in [2.75, 3.05) is 13.2 Å². The van der Waals surface area contributed by atoms with Crippen LogP contribution in [0.1, 0.15) is 43.4 Å². The van der Waals surface area contributed by atoms with Crippen molar-refractivity contribution in [3.8, 4) is 5.75 Å². The van der Waals surface area contributed by atoms with E-state index in [1.165, 1.54) is 0 Å². The Morgan fingerprint density at radius 2 is 2.05 bits per heavy atom. The molecule has 0 aliphatic heterocycles. The summed E-state index contributed by atoms with van der Waals surface area (Å²) in [5, 5.41) is 3.46. The molecule has 0 fully saturated rings. The van der Waals surface area contributed by atoms with Crippen molar-refractivity contribution in [2.45, 2.75) is 33.2 Å². The molecular formula is C17H23NO2. The van der Waals surface area contributed by atoms with Crippen molar-refractivity contribution in [3.05, 3.63) is 53.5 Å². The van der Waals surface area contributed by atoms with Crippen LogP contribution in [-0.4, -0.2) is 13.2 Å². The van der Waals surface area contributed by atoms with Crippen LogP contribution in [-0.2, 0) is 0 Å². The SMILES string of the molecule is CCCOc1cccc(C(NCC)c2ccc(C)o2)c1. The summed E-state index contributed by atoms with van der Waals surface area (Å²) in [6.07, 6.45) is 1.01. The smallest absolute Gasteiger partial charge is 0.125 e. The Kier molecular flexibility index (Phi) is 5.24. The molecule has 0 spiro atoms.